The molecule has 6 nitrogen and oxygen atoms in total. The molecule has 25 heavy (non-hydrogen) atoms. The number of oxazole rings is 1. The normalized spacial score (nSPS) is 16.5. The molecule has 2 aliphatic rings. The van der Waals surface area contributed by atoms with Crippen LogP contribution in [0.3, 0.4) is 0 Å². The predicted molar refractivity (Wildman–Crippen MR) is 86.3 cm³/mol. The molecule has 0 bridgehead atoms. The van der Waals surface area contributed by atoms with Gasteiger partial charge in [0.25, 0.3) is 11.8 Å². The lowest BCUT2D eigenvalue weighted by atomic mass is 10.2. The van der Waals surface area contributed by atoms with E-state index < -0.39 is 5.82 Å². The van der Waals surface area contributed by atoms with Crippen molar-refractivity contribution in [1.82, 2.24) is 15.2 Å². The van der Waals surface area contributed by atoms with E-state index in [1.807, 2.05) is 0 Å². The van der Waals surface area contributed by atoms with E-state index in [9.17, 15) is 14.0 Å². The number of carbonyl (C=O) groups is 2. The lowest BCUT2D eigenvalue weighted by Crippen LogP contribution is -2.33. The summed E-state index contributed by atoms with van der Waals surface area (Å²) in [6, 6.07) is 6.21. The summed E-state index contributed by atoms with van der Waals surface area (Å²) in [5.41, 5.74) is 0.239. The molecule has 1 heterocycles. The van der Waals surface area contributed by atoms with Gasteiger partial charge in [0.2, 0.25) is 5.89 Å². The number of rotatable bonds is 6. The summed E-state index contributed by atoms with van der Waals surface area (Å²) in [5, 5.41) is 2.84. The lowest BCUT2D eigenvalue weighted by Gasteiger charge is -2.21. The van der Waals surface area contributed by atoms with Gasteiger partial charge < -0.3 is 14.6 Å². The maximum Gasteiger partial charge on any atom is 0.273 e. The van der Waals surface area contributed by atoms with E-state index in [4.69, 9.17) is 4.42 Å². The number of halogens is 1. The van der Waals surface area contributed by atoms with Crippen LogP contribution in [0.1, 0.15) is 52.4 Å². The molecule has 2 aliphatic carbocycles. The van der Waals surface area contributed by atoms with Crippen LogP contribution in [-0.2, 0) is 6.54 Å². The Labute approximate surface area is 144 Å². The molecule has 1 aromatic heterocycles. The maximum atomic E-state index is 13.9. The molecule has 2 fully saturated rings. The minimum atomic E-state index is -0.546. The second kappa shape index (κ2) is 6.31. The molecule has 7 heteroatoms. The topological polar surface area (TPSA) is 75.4 Å². The third kappa shape index (κ3) is 3.55. The van der Waals surface area contributed by atoms with Crippen molar-refractivity contribution >= 4 is 11.8 Å². The van der Waals surface area contributed by atoms with Gasteiger partial charge in [0.1, 0.15) is 12.1 Å². The summed E-state index contributed by atoms with van der Waals surface area (Å²) in [5.74, 6) is -0.925. The molecule has 4 rings (SSSR count). The summed E-state index contributed by atoms with van der Waals surface area (Å²) < 4.78 is 19.3. The van der Waals surface area contributed by atoms with Crippen molar-refractivity contribution < 1.29 is 18.4 Å². The summed E-state index contributed by atoms with van der Waals surface area (Å²) in [6.45, 7) is 0.120. The Bertz CT molecular complexity index is 811. The van der Waals surface area contributed by atoms with Gasteiger partial charge in [0, 0.05) is 12.1 Å². The fraction of sp³-hybridized carbons (Fsp3) is 0.389. The van der Waals surface area contributed by atoms with Crippen LogP contribution in [0.25, 0.3) is 0 Å². The monoisotopic (exact) mass is 343 g/mol. The number of carbonyl (C=O) groups excluding carboxylic acids is 2. The molecule has 0 saturated heterocycles. The zero-order chi connectivity index (χ0) is 17.4. The van der Waals surface area contributed by atoms with E-state index in [2.05, 4.69) is 10.3 Å². The number of hydrogen-bond acceptors (Lipinski definition) is 4. The quantitative estimate of drug-likeness (QED) is 0.874. The molecule has 0 radical (unpaired) electrons. The standard InChI is InChI=1S/C18H18FN3O3/c19-14-4-2-1-3-13(14)18(24)22(12-7-8-12)9-16-21-15(10-25-16)17(23)20-11-5-6-11/h1-4,10-12H,5-9H2,(H,20,23). The first-order valence-corrected chi connectivity index (χ1v) is 8.42. The summed E-state index contributed by atoms with van der Waals surface area (Å²) in [6.07, 6.45) is 5.02. The number of nitrogens with one attached hydrogen (secondary N) is 1. The number of amides is 2. The van der Waals surface area contributed by atoms with E-state index in [1.165, 1.54) is 18.4 Å². The highest BCUT2D eigenvalue weighted by Crippen LogP contribution is 2.30. The number of nitrogens with zero attached hydrogens (tertiary/aromatic N) is 2. The smallest absolute Gasteiger partial charge is 0.273 e. The van der Waals surface area contributed by atoms with E-state index in [1.54, 1.807) is 17.0 Å². The molecule has 2 amide bonds. The van der Waals surface area contributed by atoms with E-state index in [-0.39, 0.29) is 47.6 Å². The Balaban J connectivity index is 1.49. The molecule has 1 aromatic carbocycles. The SMILES string of the molecule is O=C(NC1CC1)c1coc(CN(C(=O)c2ccccc2F)C2CC2)n1. The molecule has 0 spiro atoms. The zero-order valence-electron chi connectivity index (χ0n) is 13.6. The summed E-state index contributed by atoms with van der Waals surface area (Å²) >= 11 is 0. The van der Waals surface area contributed by atoms with Crippen LogP contribution in [0.2, 0.25) is 0 Å². The van der Waals surface area contributed by atoms with E-state index in [0.29, 0.717) is 0 Å². The van der Waals surface area contributed by atoms with Gasteiger partial charge in [-0.05, 0) is 37.8 Å². The molecule has 0 atom stereocenters. The maximum absolute atomic E-state index is 13.9. The highest BCUT2D eigenvalue weighted by atomic mass is 19.1. The van der Waals surface area contributed by atoms with Crippen molar-refractivity contribution in [2.24, 2.45) is 0 Å². The molecule has 2 saturated carbocycles. The first-order chi connectivity index (χ1) is 12.1. The van der Waals surface area contributed by atoms with Crippen LogP contribution in [0, 0.1) is 5.82 Å². The Kier molecular flexibility index (Phi) is 3.99. The van der Waals surface area contributed by atoms with Crippen molar-refractivity contribution in [3.63, 3.8) is 0 Å². The second-order valence-electron chi connectivity index (χ2n) is 6.52. The van der Waals surface area contributed by atoms with Crippen LogP contribution < -0.4 is 5.32 Å². The molecular formula is C18H18FN3O3. The van der Waals surface area contributed by atoms with Crippen molar-refractivity contribution in [2.75, 3.05) is 0 Å². The summed E-state index contributed by atoms with van der Waals surface area (Å²) in [7, 11) is 0. The molecule has 2 aromatic rings. The Hall–Kier alpha value is -2.70. The highest BCUT2D eigenvalue weighted by molar-refractivity contribution is 5.95. The fourth-order valence-electron chi connectivity index (χ4n) is 2.66. The van der Waals surface area contributed by atoms with E-state index in [0.717, 1.165) is 25.7 Å². The Morgan fingerprint density at radius 2 is 2.00 bits per heavy atom. The third-order valence-electron chi connectivity index (χ3n) is 4.36. The Morgan fingerprint density at radius 3 is 2.68 bits per heavy atom. The highest BCUT2D eigenvalue weighted by Gasteiger charge is 2.35. The minimum absolute atomic E-state index is 0.0349. The average Bonchev–Trinajstić information content (AvgIpc) is 3.53. The predicted octanol–water partition coefficient (Wildman–Crippen LogP) is 2.51. The number of benzene rings is 1. The van der Waals surface area contributed by atoms with Gasteiger partial charge in [-0.1, -0.05) is 12.1 Å². The van der Waals surface area contributed by atoms with Crippen LogP contribution in [-0.4, -0.2) is 33.8 Å². The van der Waals surface area contributed by atoms with Crippen molar-refractivity contribution in [1.29, 1.82) is 0 Å². The molecule has 1 N–H and O–H groups in total. The molecule has 0 aliphatic heterocycles. The third-order valence-corrected chi connectivity index (χ3v) is 4.36. The molecular weight excluding hydrogens is 325 g/mol. The van der Waals surface area contributed by atoms with Crippen molar-refractivity contribution in [3.05, 3.63) is 53.5 Å². The van der Waals surface area contributed by atoms with Crippen LogP contribution >= 0.6 is 0 Å². The molecule has 130 valence electrons. The van der Waals surface area contributed by atoms with Crippen LogP contribution in [0.15, 0.2) is 34.9 Å². The van der Waals surface area contributed by atoms with Gasteiger partial charge in [0.15, 0.2) is 5.69 Å². The van der Waals surface area contributed by atoms with Gasteiger partial charge in [-0.15, -0.1) is 0 Å². The van der Waals surface area contributed by atoms with E-state index >= 15 is 0 Å². The summed E-state index contributed by atoms with van der Waals surface area (Å²) in [4.78, 5) is 30.4. The van der Waals surface area contributed by atoms with Gasteiger partial charge in [-0.3, -0.25) is 9.59 Å². The van der Waals surface area contributed by atoms with Gasteiger partial charge >= 0.3 is 0 Å². The lowest BCUT2D eigenvalue weighted by molar-refractivity contribution is 0.0709. The van der Waals surface area contributed by atoms with Crippen LogP contribution in [0.5, 0.6) is 0 Å². The van der Waals surface area contributed by atoms with Gasteiger partial charge in [0.05, 0.1) is 12.1 Å². The molecule has 0 unspecified atom stereocenters. The zero-order valence-corrected chi connectivity index (χ0v) is 13.6. The van der Waals surface area contributed by atoms with Crippen molar-refractivity contribution in [2.45, 2.75) is 44.3 Å². The van der Waals surface area contributed by atoms with Gasteiger partial charge in [-0.2, -0.15) is 0 Å². The Morgan fingerprint density at radius 1 is 1.24 bits per heavy atom. The van der Waals surface area contributed by atoms with Crippen LogP contribution in [0.4, 0.5) is 4.39 Å². The van der Waals surface area contributed by atoms with Crippen molar-refractivity contribution in [3.8, 4) is 0 Å². The average molecular weight is 343 g/mol. The second-order valence-corrected chi connectivity index (χ2v) is 6.52. The fourth-order valence-corrected chi connectivity index (χ4v) is 2.66. The first-order valence-electron chi connectivity index (χ1n) is 8.42. The van der Waals surface area contributed by atoms with Gasteiger partial charge in [-0.25, -0.2) is 9.37 Å². The minimum Gasteiger partial charge on any atom is -0.446 e. The largest absolute Gasteiger partial charge is 0.446 e. The first kappa shape index (κ1) is 15.8. The number of aromatic nitrogens is 1. The number of hydrogen-bond donors (Lipinski definition) is 1.